The van der Waals surface area contributed by atoms with E-state index in [1.165, 1.54) is 4.57 Å². The Bertz CT molecular complexity index is 1260. The van der Waals surface area contributed by atoms with Gasteiger partial charge in [0.1, 0.15) is 11.2 Å². The zero-order valence-corrected chi connectivity index (χ0v) is 15.5. The van der Waals surface area contributed by atoms with E-state index in [1.54, 1.807) is 0 Å². The molecule has 0 bridgehead atoms. The minimum atomic E-state index is -0.368. The first kappa shape index (κ1) is 17.5. The monoisotopic (exact) mass is 373 g/mol. The summed E-state index contributed by atoms with van der Waals surface area (Å²) >= 11 is 0. The lowest BCUT2D eigenvalue weighted by atomic mass is 10.2. The van der Waals surface area contributed by atoms with Gasteiger partial charge in [-0.2, -0.15) is 15.0 Å². The van der Waals surface area contributed by atoms with Crippen LogP contribution >= 0.6 is 0 Å². The molecule has 4 rings (SSSR count). The lowest BCUT2D eigenvalue weighted by Crippen LogP contribution is -2.25. The molecule has 8 nitrogen and oxygen atoms in total. The van der Waals surface area contributed by atoms with Crippen molar-refractivity contribution in [1.29, 1.82) is 0 Å². The average molecular weight is 373 g/mol. The zero-order valence-electron chi connectivity index (χ0n) is 15.5. The number of anilines is 4. The van der Waals surface area contributed by atoms with Crippen LogP contribution in [0.5, 0.6) is 0 Å². The molecular formula is C20H19N7O. The molecule has 2 aromatic carbocycles. The third kappa shape index (κ3) is 2.90. The van der Waals surface area contributed by atoms with Gasteiger partial charge in [0.05, 0.1) is 5.69 Å². The fourth-order valence-corrected chi connectivity index (χ4v) is 3.08. The fourth-order valence-electron chi connectivity index (χ4n) is 3.08. The third-order valence-corrected chi connectivity index (χ3v) is 4.52. The van der Waals surface area contributed by atoms with Crippen LogP contribution in [-0.2, 0) is 0 Å². The van der Waals surface area contributed by atoms with E-state index in [1.807, 2.05) is 62.4 Å². The Morgan fingerprint density at radius 2 is 1.57 bits per heavy atom. The maximum Gasteiger partial charge on any atom is 0.272 e. The van der Waals surface area contributed by atoms with Crippen molar-refractivity contribution < 1.29 is 0 Å². The quantitative estimate of drug-likeness (QED) is 0.504. The molecule has 0 aliphatic rings. The van der Waals surface area contributed by atoms with Crippen LogP contribution in [0.4, 0.5) is 23.4 Å². The van der Waals surface area contributed by atoms with Gasteiger partial charge in [-0.05, 0) is 37.1 Å². The second-order valence-electron chi connectivity index (χ2n) is 6.47. The van der Waals surface area contributed by atoms with Crippen molar-refractivity contribution in [3.63, 3.8) is 0 Å². The zero-order chi connectivity index (χ0) is 19.8. The molecule has 0 fully saturated rings. The summed E-state index contributed by atoms with van der Waals surface area (Å²) in [6, 6.07) is 15.3. The second-order valence-corrected chi connectivity index (χ2v) is 6.47. The van der Waals surface area contributed by atoms with Crippen molar-refractivity contribution in [2.24, 2.45) is 0 Å². The smallest absolute Gasteiger partial charge is 0.272 e. The van der Waals surface area contributed by atoms with Crippen molar-refractivity contribution in [3.05, 3.63) is 70.0 Å². The summed E-state index contributed by atoms with van der Waals surface area (Å²) in [5, 5.41) is 3.38. The fraction of sp³-hybridized carbons (Fsp3) is 0.100. The molecule has 8 heteroatoms. The van der Waals surface area contributed by atoms with Crippen LogP contribution in [-0.4, -0.2) is 19.5 Å². The van der Waals surface area contributed by atoms with Gasteiger partial charge >= 0.3 is 0 Å². The number of hydrogen-bond donors (Lipinski definition) is 3. The Labute approximate surface area is 160 Å². The highest BCUT2D eigenvalue weighted by Crippen LogP contribution is 2.24. The van der Waals surface area contributed by atoms with E-state index in [0.717, 1.165) is 16.8 Å². The Morgan fingerprint density at radius 1 is 0.893 bits per heavy atom. The number of nitrogens with zero attached hydrogens (tertiary/aromatic N) is 4. The second kappa shape index (κ2) is 6.66. The lowest BCUT2D eigenvalue weighted by molar-refractivity contribution is 0.955. The van der Waals surface area contributed by atoms with Crippen molar-refractivity contribution >= 4 is 34.4 Å². The topological polar surface area (TPSA) is 125 Å². The number of nitrogen functional groups attached to an aromatic ring is 2. The maximum atomic E-state index is 13.4. The SMILES string of the molecule is Cc1ccccc1Nc1nc2nc(N)nc(N)c2c(=O)n1-c1ccccc1C. The Morgan fingerprint density at radius 3 is 2.29 bits per heavy atom. The number of para-hydroxylation sites is 2. The van der Waals surface area contributed by atoms with Gasteiger partial charge in [-0.3, -0.25) is 4.79 Å². The molecule has 28 heavy (non-hydrogen) atoms. The number of hydrogen-bond acceptors (Lipinski definition) is 7. The summed E-state index contributed by atoms with van der Waals surface area (Å²) in [7, 11) is 0. The summed E-state index contributed by atoms with van der Waals surface area (Å²) in [6.07, 6.45) is 0. The molecule has 2 aromatic heterocycles. The van der Waals surface area contributed by atoms with Crippen LogP contribution in [0.1, 0.15) is 11.1 Å². The van der Waals surface area contributed by atoms with E-state index in [-0.39, 0.29) is 28.4 Å². The average Bonchev–Trinajstić information content (AvgIpc) is 2.64. The van der Waals surface area contributed by atoms with E-state index in [4.69, 9.17) is 11.5 Å². The number of fused-ring (bicyclic) bond motifs is 1. The highest BCUT2D eigenvalue weighted by Gasteiger charge is 2.18. The molecule has 0 radical (unpaired) electrons. The van der Waals surface area contributed by atoms with Crippen molar-refractivity contribution in [2.45, 2.75) is 13.8 Å². The van der Waals surface area contributed by atoms with Crippen LogP contribution in [0, 0.1) is 13.8 Å². The predicted octanol–water partition coefficient (Wildman–Crippen LogP) is 2.70. The van der Waals surface area contributed by atoms with Crippen LogP contribution < -0.4 is 22.3 Å². The first-order chi connectivity index (χ1) is 13.5. The molecule has 0 aliphatic carbocycles. The molecule has 2 heterocycles. The van der Waals surface area contributed by atoms with E-state index in [2.05, 4.69) is 20.3 Å². The van der Waals surface area contributed by atoms with Gasteiger partial charge in [0.2, 0.25) is 11.9 Å². The van der Waals surface area contributed by atoms with Gasteiger partial charge in [-0.1, -0.05) is 36.4 Å². The number of nitrogens with two attached hydrogens (primary N) is 2. The Kier molecular flexibility index (Phi) is 4.15. The summed E-state index contributed by atoms with van der Waals surface area (Å²) in [4.78, 5) is 26.0. The number of benzene rings is 2. The molecule has 140 valence electrons. The standard InChI is InChI=1S/C20H19N7O/c1-11-7-3-5-9-13(11)23-20-26-17-15(16(21)24-19(22)25-17)18(28)27(20)14-10-6-4-8-12(14)2/h3-10H,1-2H3,(H5,21,22,23,24,25,26). The summed E-state index contributed by atoms with van der Waals surface area (Å²) in [6.45, 7) is 3.89. The van der Waals surface area contributed by atoms with Crippen LogP contribution in [0.25, 0.3) is 16.7 Å². The van der Waals surface area contributed by atoms with E-state index in [0.29, 0.717) is 11.6 Å². The minimum Gasteiger partial charge on any atom is -0.383 e. The molecule has 0 saturated heterocycles. The van der Waals surface area contributed by atoms with Crippen molar-refractivity contribution in [1.82, 2.24) is 19.5 Å². The molecular weight excluding hydrogens is 354 g/mol. The highest BCUT2D eigenvalue weighted by molar-refractivity contribution is 5.87. The van der Waals surface area contributed by atoms with Gasteiger partial charge in [-0.15, -0.1) is 0 Å². The number of nitrogens with one attached hydrogen (secondary N) is 1. The molecule has 0 atom stereocenters. The number of aromatic nitrogens is 4. The normalized spacial score (nSPS) is 10.9. The molecule has 5 N–H and O–H groups in total. The molecule has 0 unspecified atom stereocenters. The van der Waals surface area contributed by atoms with Crippen LogP contribution in [0.15, 0.2) is 53.3 Å². The predicted molar refractivity (Wildman–Crippen MR) is 111 cm³/mol. The van der Waals surface area contributed by atoms with E-state index in [9.17, 15) is 4.79 Å². The molecule has 0 amide bonds. The highest BCUT2D eigenvalue weighted by atomic mass is 16.1. The Balaban J connectivity index is 2.07. The lowest BCUT2D eigenvalue weighted by Gasteiger charge is -2.17. The molecule has 0 aliphatic heterocycles. The van der Waals surface area contributed by atoms with Crippen LogP contribution in [0.2, 0.25) is 0 Å². The number of rotatable bonds is 3. The van der Waals surface area contributed by atoms with Gasteiger partial charge in [0, 0.05) is 5.69 Å². The summed E-state index contributed by atoms with van der Waals surface area (Å²) < 4.78 is 1.49. The first-order valence-corrected chi connectivity index (χ1v) is 8.70. The molecule has 0 saturated carbocycles. The van der Waals surface area contributed by atoms with Gasteiger partial charge < -0.3 is 16.8 Å². The molecule has 4 aromatic rings. The maximum absolute atomic E-state index is 13.4. The number of aryl methyl sites for hydroxylation is 2. The van der Waals surface area contributed by atoms with E-state index >= 15 is 0 Å². The largest absolute Gasteiger partial charge is 0.383 e. The summed E-state index contributed by atoms with van der Waals surface area (Å²) in [5.41, 5.74) is 14.9. The van der Waals surface area contributed by atoms with E-state index < -0.39 is 0 Å². The van der Waals surface area contributed by atoms with Crippen LogP contribution in [0.3, 0.4) is 0 Å². The summed E-state index contributed by atoms with van der Waals surface area (Å²) in [5.74, 6) is 0.288. The molecule has 0 spiro atoms. The van der Waals surface area contributed by atoms with Gasteiger partial charge in [0.15, 0.2) is 5.65 Å². The van der Waals surface area contributed by atoms with Crippen molar-refractivity contribution in [2.75, 3.05) is 16.8 Å². The van der Waals surface area contributed by atoms with Crippen molar-refractivity contribution in [3.8, 4) is 5.69 Å². The third-order valence-electron chi connectivity index (χ3n) is 4.52. The van der Waals surface area contributed by atoms with Gasteiger partial charge in [-0.25, -0.2) is 4.57 Å². The Hall–Kier alpha value is -3.94. The minimum absolute atomic E-state index is 0.00442. The first-order valence-electron chi connectivity index (χ1n) is 8.70. The van der Waals surface area contributed by atoms with Gasteiger partial charge in [0.25, 0.3) is 5.56 Å².